The van der Waals surface area contributed by atoms with Gasteiger partial charge >= 0.3 is 10.4 Å². The number of hydrogen-bond acceptors (Lipinski definition) is 4. The third-order valence-electron chi connectivity index (χ3n) is 0.667. The average molecular weight is 222 g/mol. The molecule has 0 fully saturated rings. The highest BCUT2D eigenvalue weighted by Gasteiger charge is 1.99. The maximum atomic E-state index is 9.68. The van der Waals surface area contributed by atoms with Crippen molar-refractivity contribution in [1.82, 2.24) is 0 Å². The molecule has 1 N–H and O–H groups in total. The lowest BCUT2D eigenvalue weighted by Gasteiger charge is -1.90. The Kier molecular flexibility index (Phi) is 10.9. The van der Waals surface area contributed by atoms with Crippen molar-refractivity contribution >= 4 is 10.4 Å². The van der Waals surface area contributed by atoms with Crippen molar-refractivity contribution in [3.8, 4) is 0 Å². The van der Waals surface area contributed by atoms with Crippen molar-refractivity contribution < 1.29 is 21.9 Å². The molecule has 0 radical (unpaired) electrons. The Hall–Kier alpha value is -1.11. The first-order valence-corrected chi connectivity index (χ1v) is 4.90. The monoisotopic (exact) mass is 222 g/mol. The van der Waals surface area contributed by atoms with Crippen molar-refractivity contribution in [3.63, 3.8) is 0 Å². The molecular formula is C8H14O5S. The molecule has 0 saturated heterocycles. The Morgan fingerprint density at radius 3 is 1.79 bits per heavy atom. The van der Waals surface area contributed by atoms with E-state index >= 15 is 0 Å². The van der Waals surface area contributed by atoms with Gasteiger partial charge in [-0.1, -0.05) is 25.3 Å². The summed E-state index contributed by atoms with van der Waals surface area (Å²) in [7, 11) is -4.26. The van der Waals surface area contributed by atoms with Crippen LogP contribution in [0.15, 0.2) is 38.2 Å². The van der Waals surface area contributed by atoms with Crippen LogP contribution in [0, 0.1) is 0 Å². The van der Waals surface area contributed by atoms with Crippen molar-refractivity contribution in [2.75, 3.05) is 13.2 Å². The zero-order valence-corrected chi connectivity index (χ0v) is 8.57. The molecule has 0 spiro atoms. The molecule has 5 nitrogen and oxygen atoms in total. The van der Waals surface area contributed by atoms with E-state index in [1.54, 1.807) is 6.08 Å². The molecule has 0 amide bonds. The van der Waals surface area contributed by atoms with E-state index in [0.29, 0.717) is 6.61 Å². The molecule has 0 atom stereocenters. The molecule has 82 valence electrons. The predicted molar refractivity (Wildman–Crippen MR) is 54.0 cm³/mol. The van der Waals surface area contributed by atoms with Gasteiger partial charge in [0.2, 0.25) is 0 Å². The SMILES string of the molecule is C=CCOC=C.C=CCOS(=O)(=O)O. The summed E-state index contributed by atoms with van der Waals surface area (Å²) >= 11 is 0. The van der Waals surface area contributed by atoms with E-state index in [2.05, 4.69) is 28.7 Å². The van der Waals surface area contributed by atoms with Crippen LogP contribution in [0.4, 0.5) is 0 Å². The van der Waals surface area contributed by atoms with Crippen LogP contribution >= 0.6 is 0 Å². The summed E-state index contributed by atoms with van der Waals surface area (Å²) in [5.74, 6) is 0. The maximum Gasteiger partial charge on any atom is 0.397 e. The lowest BCUT2D eigenvalue weighted by atomic mass is 10.7. The predicted octanol–water partition coefficient (Wildman–Crippen LogP) is 1.32. The first-order chi connectivity index (χ1) is 6.47. The van der Waals surface area contributed by atoms with Crippen molar-refractivity contribution in [1.29, 1.82) is 0 Å². The quantitative estimate of drug-likeness (QED) is 0.317. The van der Waals surface area contributed by atoms with E-state index in [9.17, 15) is 8.42 Å². The van der Waals surface area contributed by atoms with Crippen LogP contribution in [-0.4, -0.2) is 26.2 Å². The van der Waals surface area contributed by atoms with Gasteiger partial charge in [0.05, 0.1) is 12.9 Å². The van der Waals surface area contributed by atoms with Gasteiger partial charge in [0.15, 0.2) is 0 Å². The standard InChI is InChI=1S/C5H8O.C3H6O4S/c1-3-5-6-4-2;1-2-3-7-8(4,5)6/h3-4H,1-2,5H2;2H,1,3H2,(H,4,5,6). The minimum Gasteiger partial charge on any atom is -0.498 e. The molecule has 0 aliphatic heterocycles. The van der Waals surface area contributed by atoms with E-state index in [1.807, 2.05) is 0 Å². The first kappa shape index (κ1) is 15.4. The van der Waals surface area contributed by atoms with Gasteiger partial charge in [-0.2, -0.15) is 8.42 Å². The van der Waals surface area contributed by atoms with Gasteiger partial charge in [0.1, 0.15) is 6.61 Å². The minimum atomic E-state index is -4.26. The topological polar surface area (TPSA) is 72.8 Å². The Morgan fingerprint density at radius 2 is 1.64 bits per heavy atom. The van der Waals surface area contributed by atoms with Gasteiger partial charge in [-0.15, -0.1) is 6.58 Å². The lowest BCUT2D eigenvalue weighted by Crippen LogP contribution is -2.02. The van der Waals surface area contributed by atoms with Gasteiger partial charge in [-0.25, -0.2) is 4.18 Å². The van der Waals surface area contributed by atoms with Crippen LogP contribution in [0.3, 0.4) is 0 Å². The Bertz CT molecular complexity index is 247. The molecule has 0 rings (SSSR count). The van der Waals surface area contributed by atoms with Gasteiger partial charge in [-0.3, -0.25) is 4.55 Å². The fraction of sp³-hybridized carbons (Fsp3) is 0.250. The van der Waals surface area contributed by atoms with E-state index in [1.165, 1.54) is 12.3 Å². The van der Waals surface area contributed by atoms with Crippen molar-refractivity contribution in [2.45, 2.75) is 0 Å². The molecule has 14 heavy (non-hydrogen) atoms. The highest BCUT2D eigenvalue weighted by Crippen LogP contribution is 1.83. The summed E-state index contributed by atoms with van der Waals surface area (Å²) in [5.41, 5.74) is 0. The largest absolute Gasteiger partial charge is 0.498 e. The molecule has 6 heteroatoms. The zero-order chi connectivity index (χ0) is 11.4. The molecule has 0 heterocycles. The van der Waals surface area contributed by atoms with Gasteiger partial charge < -0.3 is 4.74 Å². The molecule has 0 aliphatic rings. The Labute approximate surface area is 84.3 Å². The minimum absolute atomic E-state index is 0.196. The normalized spacial score (nSPS) is 9.21. The van der Waals surface area contributed by atoms with Crippen LogP contribution in [0.2, 0.25) is 0 Å². The third kappa shape index (κ3) is 22.4. The highest BCUT2D eigenvalue weighted by atomic mass is 32.3. The summed E-state index contributed by atoms with van der Waals surface area (Å²) in [6, 6.07) is 0. The van der Waals surface area contributed by atoms with Crippen LogP contribution < -0.4 is 0 Å². The smallest absolute Gasteiger partial charge is 0.397 e. The molecule has 0 aromatic heterocycles. The molecule has 0 saturated carbocycles. The summed E-state index contributed by atoms with van der Waals surface area (Å²) in [6.07, 6.45) is 4.27. The molecular weight excluding hydrogens is 208 g/mol. The second-order valence-corrected chi connectivity index (χ2v) is 2.88. The second-order valence-electron chi connectivity index (χ2n) is 1.79. The summed E-state index contributed by atoms with van der Waals surface area (Å²) < 4.78 is 35.6. The van der Waals surface area contributed by atoms with E-state index < -0.39 is 10.4 Å². The highest BCUT2D eigenvalue weighted by molar-refractivity contribution is 7.80. The molecule has 0 aromatic carbocycles. The zero-order valence-electron chi connectivity index (χ0n) is 7.76. The van der Waals surface area contributed by atoms with Crippen molar-refractivity contribution in [2.24, 2.45) is 0 Å². The summed E-state index contributed by atoms with van der Waals surface area (Å²) in [5, 5.41) is 0. The van der Waals surface area contributed by atoms with E-state index in [-0.39, 0.29) is 6.61 Å². The van der Waals surface area contributed by atoms with Crippen molar-refractivity contribution in [3.05, 3.63) is 38.2 Å². The van der Waals surface area contributed by atoms with Gasteiger partial charge in [-0.05, 0) is 0 Å². The van der Waals surface area contributed by atoms with Gasteiger partial charge in [0.25, 0.3) is 0 Å². The Morgan fingerprint density at radius 1 is 1.14 bits per heavy atom. The number of hydrogen-bond donors (Lipinski definition) is 1. The molecule has 0 aromatic rings. The third-order valence-corrected chi connectivity index (χ3v) is 1.10. The van der Waals surface area contributed by atoms with Crippen LogP contribution in [0.1, 0.15) is 0 Å². The molecule has 0 bridgehead atoms. The second kappa shape index (κ2) is 9.97. The first-order valence-electron chi connectivity index (χ1n) is 3.54. The van der Waals surface area contributed by atoms with Crippen LogP contribution in [-0.2, 0) is 19.3 Å². The van der Waals surface area contributed by atoms with Crippen LogP contribution in [0.5, 0.6) is 0 Å². The van der Waals surface area contributed by atoms with Crippen LogP contribution in [0.25, 0.3) is 0 Å². The molecule has 0 aliphatic carbocycles. The fourth-order valence-electron chi connectivity index (χ4n) is 0.270. The lowest BCUT2D eigenvalue weighted by molar-refractivity contribution is 0.291. The van der Waals surface area contributed by atoms with E-state index in [4.69, 9.17) is 4.55 Å². The summed E-state index contributed by atoms with van der Waals surface area (Å²) in [4.78, 5) is 0. The fourth-order valence-corrected chi connectivity index (χ4v) is 0.538. The van der Waals surface area contributed by atoms with Gasteiger partial charge in [0, 0.05) is 0 Å². The Balaban J connectivity index is 0. The number of rotatable bonds is 6. The molecule has 0 unspecified atom stereocenters. The van der Waals surface area contributed by atoms with E-state index in [0.717, 1.165) is 0 Å². The summed E-state index contributed by atoms with van der Waals surface area (Å²) in [6.45, 7) is 10.3. The average Bonchev–Trinajstić information content (AvgIpc) is 2.11. The number of ether oxygens (including phenoxy) is 1. The maximum absolute atomic E-state index is 9.68.